The Balaban J connectivity index is 0.000000480. The van der Waals surface area contributed by atoms with Crippen molar-refractivity contribution in [3.8, 4) is 0 Å². The van der Waals surface area contributed by atoms with E-state index in [1.807, 2.05) is 12.1 Å². The fourth-order valence-corrected chi connectivity index (χ4v) is 5.42. The molecule has 3 aromatic carbocycles. The second-order valence-electron chi connectivity index (χ2n) is 9.28. The number of carboxylic acids is 2. The van der Waals surface area contributed by atoms with Crippen LogP contribution in [0, 0.1) is 17.6 Å². The molecule has 0 aliphatic carbocycles. The molecule has 194 valence electrons. The highest BCUT2D eigenvalue weighted by molar-refractivity contribution is 6.27. The van der Waals surface area contributed by atoms with Crippen LogP contribution in [0.1, 0.15) is 35.4 Å². The van der Waals surface area contributed by atoms with E-state index >= 15 is 0 Å². The minimum Gasteiger partial charge on any atom is -0.473 e. The fourth-order valence-electron chi connectivity index (χ4n) is 5.42. The lowest BCUT2D eigenvalue weighted by Crippen LogP contribution is -2.60. The normalized spacial score (nSPS) is 22.2. The van der Waals surface area contributed by atoms with Crippen LogP contribution in [0.25, 0.3) is 0 Å². The SMILES string of the molecule is Fc1ccc(F)c(CO[C@@H]2C3CCN(CC3)[C@@H]2C(c2ccccc2)c2ccccc2)c1.O=C(O)C(=O)O. The summed E-state index contributed by atoms with van der Waals surface area (Å²) in [5, 5.41) is 14.8. The largest absolute Gasteiger partial charge is 0.473 e. The number of aliphatic carboxylic acids is 2. The molecule has 0 saturated carbocycles. The van der Waals surface area contributed by atoms with E-state index in [1.165, 1.54) is 23.3 Å². The number of benzene rings is 3. The van der Waals surface area contributed by atoms with Crippen LogP contribution in [0.5, 0.6) is 0 Å². The van der Waals surface area contributed by atoms with Gasteiger partial charge in [-0.05, 0) is 61.2 Å². The van der Waals surface area contributed by atoms with Gasteiger partial charge in [-0.2, -0.15) is 0 Å². The zero-order valence-corrected chi connectivity index (χ0v) is 20.2. The van der Waals surface area contributed by atoms with Crippen LogP contribution in [-0.4, -0.2) is 52.3 Å². The van der Waals surface area contributed by atoms with Crippen LogP contribution in [-0.2, 0) is 20.9 Å². The fraction of sp³-hybridized carbons (Fsp3) is 0.310. The number of hydrogen-bond acceptors (Lipinski definition) is 4. The van der Waals surface area contributed by atoms with Crippen LogP contribution < -0.4 is 0 Å². The molecule has 3 aromatic rings. The highest BCUT2D eigenvalue weighted by Gasteiger charge is 2.47. The van der Waals surface area contributed by atoms with Crippen molar-refractivity contribution in [3.63, 3.8) is 0 Å². The van der Waals surface area contributed by atoms with Crippen LogP contribution in [0.3, 0.4) is 0 Å². The van der Waals surface area contributed by atoms with Gasteiger partial charge in [-0.25, -0.2) is 18.4 Å². The van der Waals surface area contributed by atoms with Crippen molar-refractivity contribution >= 4 is 11.9 Å². The molecule has 0 radical (unpaired) electrons. The molecule has 2 atom stereocenters. The van der Waals surface area contributed by atoms with E-state index in [1.54, 1.807) is 0 Å². The molecular weight excluding hydrogens is 480 g/mol. The number of piperidine rings is 3. The van der Waals surface area contributed by atoms with Crippen molar-refractivity contribution in [1.82, 2.24) is 4.90 Å². The van der Waals surface area contributed by atoms with E-state index in [2.05, 4.69) is 53.4 Å². The number of fused-ring (bicyclic) bond motifs is 3. The molecule has 3 fully saturated rings. The minimum absolute atomic E-state index is 0.0319. The average Bonchev–Trinajstić information content (AvgIpc) is 2.92. The molecule has 8 heteroatoms. The van der Waals surface area contributed by atoms with Gasteiger partial charge < -0.3 is 14.9 Å². The Hall–Kier alpha value is -3.62. The topological polar surface area (TPSA) is 87.1 Å². The van der Waals surface area contributed by atoms with Crippen molar-refractivity contribution in [3.05, 3.63) is 107 Å². The van der Waals surface area contributed by atoms with Crippen molar-refractivity contribution in [2.75, 3.05) is 13.1 Å². The maximum Gasteiger partial charge on any atom is 0.414 e. The zero-order valence-electron chi connectivity index (χ0n) is 20.2. The lowest BCUT2D eigenvalue weighted by Gasteiger charge is -2.53. The highest BCUT2D eigenvalue weighted by atomic mass is 19.1. The maximum atomic E-state index is 14.2. The van der Waals surface area contributed by atoms with E-state index in [0.29, 0.717) is 5.92 Å². The summed E-state index contributed by atoms with van der Waals surface area (Å²) in [6, 6.07) is 24.9. The van der Waals surface area contributed by atoms with Gasteiger partial charge in [-0.15, -0.1) is 0 Å². The summed E-state index contributed by atoms with van der Waals surface area (Å²) < 4.78 is 34.3. The molecule has 3 heterocycles. The van der Waals surface area contributed by atoms with E-state index in [0.717, 1.165) is 32.0 Å². The van der Waals surface area contributed by atoms with Gasteiger partial charge in [-0.3, -0.25) is 4.90 Å². The van der Waals surface area contributed by atoms with E-state index in [-0.39, 0.29) is 30.2 Å². The number of nitrogens with zero attached hydrogens (tertiary/aromatic N) is 1. The first-order valence-corrected chi connectivity index (χ1v) is 12.2. The number of rotatable bonds is 6. The van der Waals surface area contributed by atoms with Gasteiger partial charge >= 0.3 is 11.9 Å². The van der Waals surface area contributed by atoms with Crippen molar-refractivity contribution in [1.29, 1.82) is 0 Å². The second-order valence-corrected chi connectivity index (χ2v) is 9.28. The first-order valence-electron chi connectivity index (χ1n) is 12.2. The Kier molecular flexibility index (Phi) is 8.63. The second kappa shape index (κ2) is 12.1. The van der Waals surface area contributed by atoms with E-state index < -0.39 is 23.6 Å². The Morgan fingerprint density at radius 3 is 1.92 bits per heavy atom. The predicted molar refractivity (Wildman–Crippen MR) is 133 cm³/mol. The van der Waals surface area contributed by atoms with Gasteiger partial charge in [0.2, 0.25) is 0 Å². The number of ether oxygens (including phenoxy) is 1. The van der Waals surface area contributed by atoms with Crippen LogP contribution in [0.2, 0.25) is 0 Å². The predicted octanol–water partition coefficient (Wildman–Crippen LogP) is 4.93. The molecule has 6 rings (SSSR count). The van der Waals surface area contributed by atoms with Crippen molar-refractivity contribution in [2.45, 2.75) is 37.5 Å². The van der Waals surface area contributed by atoms with Gasteiger partial charge in [0.25, 0.3) is 0 Å². The lowest BCUT2D eigenvalue weighted by atomic mass is 9.72. The standard InChI is InChI=1S/C27H27F2NO.C2H2O4/c28-23-11-12-24(29)22(17-23)18-31-27-21-13-15-30(16-14-21)26(27)25(19-7-3-1-4-8-19)20-9-5-2-6-10-20;3-1(4)2(5)6/h1-12,17,21,25-27H,13-16,18H2;(H,3,4)(H,5,6)/t26-,27-;/m1./s1. The molecule has 2 N–H and O–H groups in total. The molecule has 37 heavy (non-hydrogen) atoms. The third kappa shape index (κ3) is 6.39. The highest BCUT2D eigenvalue weighted by Crippen LogP contribution is 2.43. The number of carboxylic acid groups (broad SMARTS) is 2. The third-order valence-electron chi connectivity index (χ3n) is 7.08. The Labute approximate surface area is 214 Å². The van der Waals surface area contributed by atoms with Gasteiger partial charge in [0.05, 0.1) is 12.7 Å². The molecule has 3 aliphatic heterocycles. The quantitative estimate of drug-likeness (QED) is 0.458. The van der Waals surface area contributed by atoms with Gasteiger partial charge in [-0.1, -0.05) is 60.7 Å². The summed E-state index contributed by atoms with van der Waals surface area (Å²) in [5.74, 6) is -3.90. The summed E-state index contributed by atoms with van der Waals surface area (Å²) in [4.78, 5) is 20.7. The van der Waals surface area contributed by atoms with Crippen LogP contribution in [0.15, 0.2) is 78.9 Å². The van der Waals surface area contributed by atoms with Gasteiger partial charge in [0.15, 0.2) is 0 Å². The smallest absolute Gasteiger partial charge is 0.414 e. The third-order valence-corrected chi connectivity index (χ3v) is 7.08. The Morgan fingerprint density at radius 1 is 0.865 bits per heavy atom. The number of hydrogen-bond donors (Lipinski definition) is 2. The molecule has 0 amide bonds. The summed E-state index contributed by atoms with van der Waals surface area (Å²) >= 11 is 0. The minimum atomic E-state index is -1.82. The number of halogens is 2. The van der Waals surface area contributed by atoms with E-state index in [4.69, 9.17) is 24.5 Å². The molecule has 0 spiro atoms. The summed E-state index contributed by atoms with van der Waals surface area (Å²) in [5.41, 5.74) is 2.81. The lowest BCUT2D eigenvalue weighted by molar-refractivity contribution is -0.159. The maximum absolute atomic E-state index is 14.2. The molecule has 6 nitrogen and oxygen atoms in total. The Morgan fingerprint density at radius 2 is 1.41 bits per heavy atom. The Bertz CT molecular complexity index is 1150. The average molecular weight is 510 g/mol. The van der Waals surface area contributed by atoms with Crippen LogP contribution >= 0.6 is 0 Å². The zero-order chi connectivity index (χ0) is 26.4. The molecule has 3 aliphatic rings. The van der Waals surface area contributed by atoms with Gasteiger partial charge in [0, 0.05) is 17.5 Å². The number of carbonyl (C=O) groups is 2. The first kappa shape index (κ1) is 26.4. The van der Waals surface area contributed by atoms with E-state index in [9.17, 15) is 8.78 Å². The van der Waals surface area contributed by atoms with Crippen molar-refractivity contribution in [2.24, 2.45) is 5.92 Å². The molecule has 2 bridgehead atoms. The monoisotopic (exact) mass is 509 g/mol. The summed E-state index contributed by atoms with van der Waals surface area (Å²) in [7, 11) is 0. The van der Waals surface area contributed by atoms with Crippen molar-refractivity contribution < 1.29 is 33.3 Å². The molecule has 0 unspecified atom stereocenters. The van der Waals surface area contributed by atoms with Crippen LogP contribution in [0.4, 0.5) is 8.78 Å². The summed E-state index contributed by atoms with van der Waals surface area (Å²) in [6.45, 7) is 2.20. The first-order chi connectivity index (χ1) is 17.8. The van der Waals surface area contributed by atoms with Gasteiger partial charge in [0.1, 0.15) is 11.6 Å². The molecule has 3 saturated heterocycles. The molecular formula is C29H29F2NO5. The molecule has 0 aromatic heterocycles. The summed E-state index contributed by atoms with van der Waals surface area (Å²) in [6.07, 6.45) is 2.14.